The normalized spacial score (nSPS) is 19.1. The van der Waals surface area contributed by atoms with E-state index in [2.05, 4.69) is 4.98 Å². The lowest BCUT2D eigenvalue weighted by molar-refractivity contribution is 0.0248. The molecule has 1 spiro atoms. The molecule has 4 aromatic rings. The summed E-state index contributed by atoms with van der Waals surface area (Å²) in [5, 5.41) is 13.1. The van der Waals surface area contributed by atoms with Crippen LogP contribution in [0.1, 0.15) is 27.7 Å². The number of aliphatic hydroxyl groups excluding tert-OH is 1. The molecule has 0 radical (unpaired) electrons. The van der Waals surface area contributed by atoms with E-state index in [-0.39, 0.29) is 36.4 Å². The van der Waals surface area contributed by atoms with E-state index in [1.54, 1.807) is 29.5 Å². The second kappa shape index (κ2) is 8.66. The van der Waals surface area contributed by atoms with Crippen LogP contribution in [0.25, 0.3) is 10.9 Å². The standard InChI is InChI=1S/C26H24FN3O5S2/c1-35-18-8-9-19-20(11-18)28-24-21(12-31)30(25(32)16-4-6-17(27)7-5-16)15-26(23(19)24)13-29(14-26)37(33,34)22-3-2-10-36-22/h2-11,21,28,31H,12-15H2,1H3/t21-/m1/s1. The molecule has 2 aliphatic heterocycles. The zero-order valence-electron chi connectivity index (χ0n) is 19.8. The average Bonchev–Trinajstić information content (AvgIpc) is 3.55. The smallest absolute Gasteiger partial charge is 0.254 e. The van der Waals surface area contributed by atoms with Crippen LogP contribution in [0.2, 0.25) is 0 Å². The molecule has 2 aromatic heterocycles. The third-order valence-corrected chi connectivity index (χ3v) is 10.5. The molecule has 8 nitrogen and oxygen atoms in total. The highest BCUT2D eigenvalue weighted by atomic mass is 32.2. The number of halogens is 1. The van der Waals surface area contributed by atoms with E-state index in [1.165, 1.54) is 39.9 Å². The maximum atomic E-state index is 13.6. The molecule has 6 rings (SSSR count). The minimum Gasteiger partial charge on any atom is -0.497 e. The molecule has 0 aliphatic carbocycles. The quantitative estimate of drug-likeness (QED) is 0.403. The van der Waals surface area contributed by atoms with Crippen LogP contribution in [0.15, 0.2) is 64.2 Å². The number of H-pyrrole nitrogens is 1. The summed E-state index contributed by atoms with van der Waals surface area (Å²) in [7, 11) is -2.10. The van der Waals surface area contributed by atoms with Crippen molar-refractivity contribution in [1.29, 1.82) is 0 Å². The van der Waals surface area contributed by atoms with Crippen LogP contribution in [0, 0.1) is 5.82 Å². The molecule has 192 valence electrons. The summed E-state index contributed by atoms with van der Waals surface area (Å²) in [6.07, 6.45) is 0. The maximum Gasteiger partial charge on any atom is 0.254 e. The Morgan fingerprint density at radius 1 is 1.19 bits per heavy atom. The number of fused-ring (bicyclic) bond motifs is 4. The second-order valence-electron chi connectivity index (χ2n) is 9.45. The van der Waals surface area contributed by atoms with Crippen molar-refractivity contribution in [3.8, 4) is 5.75 Å². The number of carbonyl (C=O) groups is 1. The molecule has 4 heterocycles. The van der Waals surface area contributed by atoms with E-state index in [1.807, 2.05) is 18.2 Å². The number of benzene rings is 2. The lowest BCUT2D eigenvalue weighted by atomic mass is 9.70. The highest BCUT2D eigenvalue weighted by Crippen LogP contribution is 2.50. The van der Waals surface area contributed by atoms with E-state index in [0.717, 1.165) is 16.5 Å². The Balaban J connectivity index is 1.47. The highest BCUT2D eigenvalue weighted by Gasteiger charge is 2.56. The maximum absolute atomic E-state index is 13.6. The number of aromatic amines is 1. The van der Waals surface area contributed by atoms with E-state index in [4.69, 9.17) is 4.74 Å². The predicted octanol–water partition coefficient (Wildman–Crippen LogP) is 3.51. The number of thiophene rings is 1. The molecular formula is C26H24FN3O5S2. The van der Waals surface area contributed by atoms with Gasteiger partial charge >= 0.3 is 0 Å². The van der Waals surface area contributed by atoms with Crippen LogP contribution >= 0.6 is 11.3 Å². The van der Waals surface area contributed by atoms with Gasteiger partial charge in [0.25, 0.3) is 15.9 Å². The Morgan fingerprint density at radius 3 is 2.59 bits per heavy atom. The first kappa shape index (κ1) is 24.1. The van der Waals surface area contributed by atoms with Crippen molar-refractivity contribution in [3.63, 3.8) is 0 Å². The molecule has 37 heavy (non-hydrogen) atoms. The van der Waals surface area contributed by atoms with E-state index < -0.39 is 27.3 Å². The van der Waals surface area contributed by atoms with Crippen molar-refractivity contribution >= 4 is 38.2 Å². The van der Waals surface area contributed by atoms with Gasteiger partial charge < -0.3 is 19.7 Å². The molecule has 2 aromatic carbocycles. The van der Waals surface area contributed by atoms with Gasteiger partial charge in [0.1, 0.15) is 15.8 Å². The van der Waals surface area contributed by atoms with Crippen LogP contribution in [-0.2, 0) is 15.4 Å². The third kappa shape index (κ3) is 3.68. The molecule has 11 heteroatoms. The van der Waals surface area contributed by atoms with Gasteiger partial charge in [-0.25, -0.2) is 12.8 Å². The molecule has 0 unspecified atom stereocenters. The van der Waals surface area contributed by atoms with Crippen LogP contribution in [0.4, 0.5) is 4.39 Å². The van der Waals surface area contributed by atoms with Crippen LogP contribution in [0.5, 0.6) is 5.75 Å². The zero-order chi connectivity index (χ0) is 25.9. The Morgan fingerprint density at radius 2 is 1.95 bits per heavy atom. The Kier molecular flexibility index (Phi) is 5.64. The summed E-state index contributed by atoms with van der Waals surface area (Å²) in [4.78, 5) is 18.6. The molecule has 0 saturated carbocycles. The molecule has 1 fully saturated rings. The number of amides is 1. The summed E-state index contributed by atoms with van der Waals surface area (Å²) >= 11 is 1.17. The molecule has 0 bridgehead atoms. The number of aromatic nitrogens is 1. The van der Waals surface area contributed by atoms with E-state index >= 15 is 0 Å². The van der Waals surface area contributed by atoms with Gasteiger partial charge in [0, 0.05) is 53.3 Å². The molecule has 2 N–H and O–H groups in total. The van der Waals surface area contributed by atoms with Gasteiger partial charge in [0.05, 0.1) is 19.8 Å². The first-order valence-corrected chi connectivity index (χ1v) is 14.0. The number of methoxy groups -OCH3 is 1. The van der Waals surface area contributed by atoms with E-state index in [0.29, 0.717) is 17.0 Å². The molecular weight excluding hydrogens is 517 g/mol. The number of hydrogen-bond donors (Lipinski definition) is 2. The largest absolute Gasteiger partial charge is 0.497 e. The third-order valence-electron chi connectivity index (χ3n) is 7.32. The number of rotatable bonds is 5. The zero-order valence-corrected chi connectivity index (χ0v) is 21.5. The number of nitrogens with zero attached hydrogens (tertiary/aromatic N) is 2. The number of carbonyl (C=O) groups excluding carboxylic acids is 1. The minimum absolute atomic E-state index is 0.185. The fraction of sp³-hybridized carbons (Fsp3) is 0.269. The number of aliphatic hydroxyl groups is 1. The van der Waals surface area contributed by atoms with E-state index in [9.17, 15) is 22.7 Å². The molecule has 2 aliphatic rings. The van der Waals surface area contributed by atoms with Crippen molar-refractivity contribution in [2.75, 3.05) is 33.4 Å². The van der Waals surface area contributed by atoms with Crippen LogP contribution in [0.3, 0.4) is 0 Å². The summed E-state index contributed by atoms with van der Waals surface area (Å²) in [6.45, 7) is 0.239. The summed E-state index contributed by atoms with van der Waals surface area (Å²) < 4.78 is 47.1. The molecule has 1 saturated heterocycles. The van der Waals surface area contributed by atoms with Gasteiger partial charge in [-0.1, -0.05) is 6.07 Å². The van der Waals surface area contributed by atoms with Gasteiger partial charge in [-0.05, 0) is 53.4 Å². The summed E-state index contributed by atoms with van der Waals surface area (Å²) in [6, 6.07) is 13.5. The van der Waals surface area contributed by atoms with Crippen molar-refractivity contribution in [3.05, 3.63) is 82.6 Å². The van der Waals surface area contributed by atoms with Crippen molar-refractivity contribution in [2.45, 2.75) is 15.7 Å². The van der Waals surface area contributed by atoms with Crippen molar-refractivity contribution in [2.24, 2.45) is 0 Å². The van der Waals surface area contributed by atoms with Crippen molar-refractivity contribution < 1.29 is 27.4 Å². The van der Waals surface area contributed by atoms with Gasteiger partial charge in [0.2, 0.25) is 0 Å². The fourth-order valence-corrected chi connectivity index (χ4v) is 8.33. The monoisotopic (exact) mass is 541 g/mol. The lowest BCUT2D eigenvalue weighted by Crippen LogP contribution is -2.67. The van der Waals surface area contributed by atoms with Gasteiger partial charge in [0.15, 0.2) is 0 Å². The van der Waals surface area contributed by atoms with Crippen LogP contribution < -0.4 is 4.74 Å². The number of hydrogen-bond acceptors (Lipinski definition) is 6. The highest BCUT2D eigenvalue weighted by molar-refractivity contribution is 7.91. The number of nitrogens with one attached hydrogen (secondary N) is 1. The summed E-state index contributed by atoms with van der Waals surface area (Å²) in [5.74, 6) is -0.166. The Hall–Kier alpha value is -3.25. The van der Waals surface area contributed by atoms with Crippen molar-refractivity contribution in [1.82, 2.24) is 14.2 Å². The molecule has 1 amide bonds. The van der Waals surface area contributed by atoms with Gasteiger partial charge in [-0.3, -0.25) is 4.79 Å². The molecule has 1 atom stereocenters. The number of ether oxygens (including phenoxy) is 1. The first-order valence-electron chi connectivity index (χ1n) is 11.7. The minimum atomic E-state index is -3.67. The average molecular weight is 542 g/mol. The Bertz CT molecular complexity index is 1590. The predicted molar refractivity (Wildman–Crippen MR) is 137 cm³/mol. The first-order chi connectivity index (χ1) is 17.8. The lowest BCUT2D eigenvalue weighted by Gasteiger charge is -2.55. The fourth-order valence-electron chi connectivity index (χ4n) is 5.57. The van der Waals surface area contributed by atoms with Gasteiger partial charge in [-0.15, -0.1) is 11.3 Å². The SMILES string of the molecule is COc1ccc2c3c([nH]c2c1)[C@@H](CO)N(C(=O)c1ccc(F)cc1)CC31CN(S(=O)(=O)c2cccs2)C1. The number of sulfonamides is 1. The topological polar surface area (TPSA) is 103 Å². The van der Waals surface area contributed by atoms with Crippen LogP contribution in [-0.4, -0.2) is 67.0 Å². The van der Waals surface area contributed by atoms with Gasteiger partial charge in [-0.2, -0.15) is 4.31 Å². The summed E-state index contributed by atoms with van der Waals surface area (Å²) in [5.41, 5.74) is 1.95. The second-order valence-corrected chi connectivity index (χ2v) is 12.6. The Labute approximate surface area is 216 Å².